The van der Waals surface area contributed by atoms with Crippen LogP contribution >= 0.6 is 0 Å². The summed E-state index contributed by atoms with van der Waals surface area (Å²) in [5.74, 6) is -1.05. The molecule has 136 valence electrons. The van der Waals surface area contributed by atoms with Gasteiger partial charge < -0.3 is 14.6 Å². The lowest BCUT2D eigenvalue weighted by molar-refractivity contribution is -0.274. The number of aryl methyl sites for hydroxylation is 1. The predicted molar refractivity (Wildman–Crippen MR) is 82.7 cm³/mol. The minimum Gasteiger partial charge on any atom is -0.406 e. The predicted octanol–water partition coefficient (Wildman–Crippen LogP) is 2.08. The first kappa shape index (κ1) is 18.8. The van der Waals surface area contributed by atoms with E-state index in [4.69, 9.17) is 0 Å². The summed E-state index contributed by atoms with van der Waals surface area (Å²) in [6, 6.07) is 5.73. The number of ether oxygens (including phenoxy) is 1. The third-order valence-corrected chi connectivity index (χ3v) is 4.52. The van der Waals surface area contributed by atoms with Gasteiger partial charge in [0.25, 0.3) is 5.91 Å². The molecule has 0 spiro atoms. The molecule has 0 saturated heterocycles. The summed E-state index contributed by atoms with van der Waals surface area (Å²) in [5, 5.41) is 2.46. The van der Waals surface area contributed by atoms with Crippen LogP contribution in [-0.4, -0.2) is 32.3 Å². The Morgan fingerprint density at radius 2 is 1.80 bits per heavy atom. The van der Waals surface area contributed by atoms with E-state index < -0.39 is 28.0 Å². The molecule has 7 nitrogen and oxygen atoms in total. The molecule has 25 heavy (non-hydrogen) atoms. The van der Waals surface area contributed by atoms with E-state index in [-0.39, 0.29) is 16.3 Å². The molecule has 2 N–H and O–H groups in total. The molecular formula is C14H14F3N3O4S. The molecule has 0 radical (unpaired) electrons. The molecule has 1 heterocycles. The Hall–Kier alpha value is -2.53. The molecule has 0 fully saturated rings. The highest BCUT2D eigenvalue weighted by Crippen LogP contribution is 2.24. The number of halogens is 3. The molecule has 0 unspecified atom stereocenters. The van der Waals surface area contributed by atoms with Gasteiger partial charge in [0.05, 0.1) is 0 Å². The second-order valence-electron chi connectivity index (χ2n) is 4.91. The number of benzene rings is 1. The Morgan fingerprint density at radius 3 is 2.32 bits per heavy atom. The van der Waals surface area contributed by atoms with E-state index in [0.717, 1.165) is 12.1 Å². The van der Waals surface area contributed by atoms with Gasteiger partial charge in [-0.1, -0.05) is 0 Å². The largest absolute Gasteiger partial charge is 0.573 e. The van der Waals surface area contributed by atoms with Gasteiger partial charge in [-0.2, -0.15) is 0 Å². The van der Waals surface area contributed by atoms with Crippen LogP contribution in [0.5, 0.6) is 5.75 Å². The van der Waals surface area contributed by atoms with Gasteiger partial charge in [-0.05, 0) is 37.4 Å². The standard InChI is InChI=1S/C14H14F3N3O4S/c1-18-25(22,23)11-7-12(20(2)8-11)13(21)19-9-3-5-10(6-4-9)24-14(15,16)17/h3-8,18H,1-2H3,(H,19,21). The number of sulfonamides is 1. The SMILES string of the molecule is CNS(=O)(=O)c1cc(C(=O)Nc2ccc(OC(F)(F)F)cc2)n(C)c1. The van der Waals surface area contributed by atoms with Crippen molar-refractivity contribution in [3.63, 3.8) is 0 Å². The lowest BCUT2D eigenvalue weighted by Gasteiger charge is -2.10. The Kier molecular flexibility index (Phi) is 5.09. The maximum atomic E-state index is 12.2. The highest BCUT2D eigenvalue weighted by atomic mass is 32.2. The Labute approximate surface area is 141 Å². The molecule has 11 heteroatoms. The number of hydrogen-bond acceptors (Lipinski definition) is 4. The normalized spacial score (nSPS) is 12.0. The summed E-state index contributed by atoms with van der Waals surface area (Å²) in [7, 11) is -0.970. The maximum absolute atomic E-state index is 12.2. The van der Waals surface area contributed by atoms with Crippen molar-refractivity contribution in [1.82, 2.24) is 9.29 Å². The van der Waals surface area contributed by atoms with Crippen molar-refractivity contribution in [2.24, 2.45) is 7.05 Å². The van der Waals surface area contributed by atoms with E-state index in [1.54, 1.807) is 0 Å². The summed E-state index contributed by atoms with van der Waals surface area (Å²) in [6.45, 7) is 0. The number of aromatic nitrogens is 1. The van der Waals surface area contributed by atoms with E-state index >= 15 is 0 Å². The lowest BCUT2D eigenvalue weighted by atomic mass is 10.3. The highest BCUT2D eigenvalue weighted by Gasteiger charge is 2.31. The fraction of sp³-hybridized carbons (Fsp3) is 0.214. The van der Waals surface area contributed by atoms with E-state index in [1.807, 2.05) is 0 Å². The summed E-state index contributed by atoms with van der Waals surface area (Å²) in [5.41, 5.74) is 0.281. The van der Waals surface area contributed by atoms with Crippen LogP contribution in [0.3, 0.4) is 0 Å². The van der Waals surface area contributed by atoms with Crippen LogP contribution in [0.1, 0.15) is 10.5 Å². The summed E-state index contributed by atoms with van der Waals surface area (Å²) < 4.78 is 66.9. The topological polar surface area (TPSA) is 89.4 Å². The van der Waals surface area contributed by atoms with Crippen LogP contribution in [0.15, 0.2) is 41.4 Å². The smallest absolute Gasteiger partial charge is 0.406 e. The van der Waals surface area contributed by atoms with Crippen LogP contribution < -0.4 is 14.8 Å². The van der Waals surface area contributed by atoms with E-state index in [0.29, 0.717) is 0 Å². The lowest BCUT2D eigenvalue weighted by Crippen LogP contribution is -2.18. The van der Waals surface area contributed by atoms with Crippen molar-refractivity contribution in [2.45, 2.75) is 11.3 Å². The number of anilines is 1. The summed E-state index contributed by atoms with van der Waals surface area (Å²) >= 11 is 0. The number of alkyl halides is 3. The molecule has 1 aromatic carbocycles. The van der Waals surface area contributed by atoms with Crippen LogP contribution in [0.4, 0.5) is 18.9 Å². The van der Waals surface area contributed by atoms with Crippen molar-refractivity contribution in [2.75, 3.05) is 12.4 Å². The van der Waals surface area contributed by atoms with Gasteiger partial charge in [-0.25, -0.2) is 13.1 Å². The van der Waals surface area contributed by atoms with Gasteiger partial charge in [-0.15, -0.1) is 13.2 Å². The van der Waals surface area contributed by atoms with E-state index in [9.17, 15) is 26.4 Å². The van der Waals surface area contributed by atoms with Gasteiger partial charge in [0, 0.05) is 18.9 Å². The molecule has 0 saturated carbocycles. The first-order chi connectivity index (χ1) is 11.5. The first-order valence-electron chi connectivity index (χ1n) is 6.79. The van der Waals surface area contributed by atoms with Gasteiger partial charge in [0.1, 0.15) is 16.3 Å². The average Bonchev–Trinajstić information content (AvgIpc) is 2.90. The zero-order chi connectivity index (χ0) is 18.8. The fourth-order valence-corrected chi connectivity index (χ4v) is 2.76. The highest BCUT2D eigenvalue weighted by molar-refractivity contribution is 7.89. The Balaban J connectivity index is 2.15. The first-order valence-corrected chi connectivity index (χ1v) is 8.27. The third kappa shape index (κ3) is 4.73. The van der Waals surface area contributed by atoms with Gasteiger partial charge in [-0.3, -0.25) is 4.79 Å². The molecule has 2 rings (SSSR count). The number of nitrogens with zero attached hydrogens (tertiary/aromatic N) is 1. The van der Waals surface area contributed by atoms with Gasteiger partial charge in [0.15, 0.2) is 0 Å². The zero-order valence-corrected chi connectivity index (χ0v) is 13.9. The van der Waals surface area contributed by atoms with Gasteiger partial charge in [0.2, 0.25) is 10.0 Å². The number of amides is 1. The summed E-state index contributed by atoms with van der Waals surface area (Å²) in [4.78, 5) is 12.1. The van der Waals surface area contributed by atoms with Gasteiger partial charge >= 0.3 is 6.36 Å². The van der Waals surface area contributed by atoms with E-state index in [2.05, 4.69) is 14.8 Å². The summed E-state index contributed by atoms with van der Waals surface area (Å²) in [6.07, 6.45) is -3.54. The second kappa shape index (κ2) is 6.76. The molecule has 1 aromatic heterocycles. The molecule has 0 aliphatic carbocycles. The van der Waals surface area contributed by atoms with Crippen molar-refractivity contribution < 1.29 is 31.1 Å². The molecule has 0 bridgehead atoms. The van der Waals surface area contributed by atoms with Crippen molar-refractivity contribution in [3.05, 3.63) is 42.2 Å². The number of carbonyl (C=O) groups excluding carboxylic acids is 1. The number of nitrogens with one attached hydrogen (secondary N) is 2. The monoisotopic (exact) mass is 377 g/mol. The molecule has 0 atom stereocenters. The maximum Gasteiger partial charge on any atom is 0.573 e. The molecular weight excluding hydrogens is 363 g/mol. The number of rotatable bonds is 5. The molecule has 0 aliphatic heterocycles. The molecule has 0 aliphatic rings. The zero-order valence-electron chi connectivity index (χ0n) is 13.1. The average molecular weight is 377 g/mol. The van der Waals surface area contributed by atoms with Crippen LogP contribution in [0.2, 0.25) is 0 Å². The van der Waals surface area contributed by atoms with Crippen LogP contribution in [-0.2, 0) is 17.1 Å². The second-order valence-corrected chi connectivity index (χ2v) is 6.79. The third-order valence-electron chi connectivity index (χ3n) is 3.14. The van der Waals surface area contributed by atoms with Crippen molar-refractivity contribution in [3.8, 4) is 5.75 Å². The van der Waals surface area contributed by atoms with Crippen LogP contribution in [0.25, 0.3) is 0 Å². The molecule has 1 amide bonds. The Bertz CT molecular complexity index is 874. The quantitative estimate of drug-likeness (QED) is 0.835. The molecule has 2 aromatic rings. The minimum atomic E-state index is -4.80. The van der Waals surface area contributed by atoms with Crippen molar-refractivity contribution in [1.29, 1.82) is 0 Å². The number of carbonyl (C=O) groups is 1. The van der Waals surface area contributed by atoms with Crippen LogP contribution in [0, 0.1) is 0 Å². The van der Waals surface area contributed by atoms with Crippen molar-refractivity contribution >= 4 is 21.6 Å². The minimum absolute atomic E-state index is 0.0597. The fourth-order valence-electron chi connectivity index (χ4n) is 1.96. The number of hydrogen-bond donors (Lipinski definition) is 2. The Morgan fingerprint density at radius 1 is 1.20 bits per heavy atom. The van der Waals surface area contributed by atoms with E-state index in [1.165, 1.54) is 43.1 Å².